The molecule has 1 aliphatic rings. The summed E-state index contributed by atoms with van der Waals surface area (Å²) in [5, 5.41) is 9.43. The van der Waals surface area contributed by atoms with Gasteiger partial charge in [0.25, 0.3) is 5.91 Å². The minimum absolute atomic E-state index is 0.0165. The number of likely N-dealkylation sites (tertiary alicyclic amines) is 1. The highest BCUT2D eigenvalue weighted by Crippen LogP contribution is 2.13. The number of piperidine rings is 1. The van der Waals surface area contributed by atoms with E-state index in [4.69, 9.17) is 4.74 Å². The molecule has 1 saturated heterocycles. The fraction of sp³-hybridized carbons (Fsp3) is 0.533. The number of carbonyl (C=O) groups is 1. The second-order valence-corrected chi connectivity index (χ2v) is 5.00. The first-order valence-corrected chi connectivity index (χ1v) is 6.79. The van der Waals surface area contributed by atoms with Gasteiger partial charge >= 0.3 is 0 Å². The molecule has 1 fully saturated rings. The van der Waals surface area contributed by atoms with Crippen molar-refractivity contribution in [2.75, 3.05) is 13.1 Å². The zero-order chi connectivity index (χ0) is 13.7. The van der Waals surface area contributed by atoms with E-state index in [1.807, 2.05) is 30.3 Å². The topological polar surface area (TPSA) is 49.8 Å². The van der Waals surface area contributed by atoms with Crippen molar-refractivity contribution in [2.45, 2.75) is 38.6 Å². The summed E-state index contributed by atoms with van der Waals surface area (Å²) in [5.41, 5.74) is 1.07. The first-order valence-electron chi connectivity index (χ1n) is 6.79. The highest BCUT2D eigenvalue weighted by molar-refractivity contribution is 5.80. The van der Waals surface area contributed by atoms with Crippen molar-refractivity contribution in [3.63, 3.8) is 0 Å². The van der Waals surface area contributed by atoms with E-state index in [-0.39, 0.29) is 12.0 Å². The van der Waals surface area contributed by atoms with Gasteiger partial charge in [0.15, 0.2) is 0 Å². The number of hydrogen-bond donors (Lipinski definition) is 1. The number of nitrogens with zero attached hydrogens (tertiary/aromatic N) is 1. The maximum atomic E-state index is 12.1. The normalized spacial score (nSPS) is 18.3. The third-order valence-electron chi connectivity index (χ3n) is 3.47. The van der Waals surface area contributed by atoms with Crippen molar-refractivity contribution in [2.24, 2.45) is 0 Å². The predicted molar refractivity (Wildman–Crippen MR) is 72.5 cm³/mol. The molecule has 4 heteroatoms. The lowest BCUT2D eigenvalue weighted by Gasteiger charge is -2.31. The second-order valence-electron chi connectivity index (χ2n) is 5.00. The third kappa shape index (κ3) is 4.04. The lowest BCUT2D eigenvalue weighted by molar-refractivity contribution is -0.145. The lowest BCUT2D eigenvalue weighted by Crippen LogP contribution is -2.44. The van der Waals surface area contributed by atoms with Crippen LogP contribution in [-0.2, 0) is 16.1 Å². The Morgan fingerprint density at radius 1 is 1.37 bits per heavy atom. The number of amides is 1. The van der Waals surface area contributed by atoms with Gasteiger partial charge in [0.1, 0.15) is 6.10 Å². The van der Waals surface area contributed by atoms with Gasteiger partial charge < -0.3 is 14.7 Å². The molecule has 0 spiro atoms. The third-order valence-corrected chi connectivity index (χ3v) is 3.47. The van der Waals surface area contributed by atoms with Crippen molar-refractivity contribution < 1.29 is 14.6 Å². The monoisotopic (exact) mass is 263 g/mol. The number of hydrogen-bond acceptors (Lipinski definition) is 3. The molecule has 1 aromatic rings. The largest absolute Gasteiger partial charge is 0.393 e. The van der Waals surface area contributed by atoms with Gasteiger partial charge in [0.2, 0.25) is 0 Å². The van der Waals surface area contributed by atoms with Crippen molar-refractivity contribution in [1.29, 1.82) is 0 Å². The fourth-order valence-electron chi connectivity index (χ4n) is 2.21. The van der Waals surface area contributed by atoms with Gasteiger partial charge in [-0.05, 0) is 25.3 Å². The van der Waals surface area contributed by atoms with Gasteiger partial charge in [0, 0.05) is 13.1 Å². The molecule has 0 saturated carbocycles. The van der Waals surface area contributed by atoms with Crippen LogP contribution in [0.2, 0.25) is 0 Å². The van der Waals surface area contributed by atoms with Crippen LogP contribution in [0.3, 0.4) is 0 Å². The van der Waals surface area contributed by atoms with E-state index >= 15 is 0 Å². The molecule has 1 atom stereocenters. The molecule has 1 N–H and O–H groups in total. The molecule has 1 heterocycles. The van der Waals surface area contributed by atoms with Crippen molar-refractivity contribution >= 4 is 5.91 Å². The summed E-state index contributed by atoms with van der Waals surface area (Å²) >= 11 is 0. The number of benzene rings is 1. The molecule has 1 aromatic carbocycles. The summed E-state index contributed by atoms with van der Waals surface area (Å²) in [7, 11) is 0. The zero-order valence-corrected chi connectivity index (χ0v) is 11.3. The second kappa shape index (κ2) is 6.68. The van der Waals surface area contributed by atoms with Crippen LogP contribution in [0.25, 0.3) is 0 Å². The number of ether oxygens (including phenoxy) is 1. The number of aliphatic hydroxyl groups excluding tert-OH is 1. The van der Waals surface area contributed by atoms with E-state index in [0.717, 1.165) is 5.56 Å². The lowest BCUT2D eigenvalue weighted by atomic mass is 10.1. The van der Waals surface area contributed by atoms with E-state index in [9.17, 15) is 9.90 Å². The summed E-state index contributed by atoms with van der Waals surface area (Å²) in [6, 6.07) is 9.83. The highest BCUT2D eigenvalue weighted by Gasteiger charge is 2.25. The summed E-state index contributed by atoms with van der Waals surface area (Å²) in [5.74, 6) is 0.0165. The van der Waals surface area contributed by atoms with E-state index in [2.05, 4.69) is 0 Å². The molecule has 4 nitrogen and oxygen atoms in total. The molecular formula is C15H21NO3. The average molecular weight is 263 g/mol. The maximum absolute atomic E-state index is 12.1. The van der Waals surface area contributed by atoms with Crippen LogP contribution in [0.15, 0.2) is 30.3 Å². The zero-order valence-electron chi connectivity index (χ0n) is 11.3. The first-order chi connectivity index (χ1) is 9.16. The Kier molecular flexibility index (Phi) is 4.93. The van der Waals surface area contributed by atoms with E-state index in [0.29, 0.717) is 32.5 Å². The Morgan fingerprint density at radius 2 is 2.00 bits per heavy atom. The van der Waals surface area contributed by atoms with Crippen LogP contribution < -0.4 is 0 Å². The highest BCUT2D eigenvalue weighted by atomic mass is 16.5. The van der Waals surface area contributed by atoms with E-state index in [1.165, 1.54) is 0 Å². The average Bonchev–Trinajstić information content (AvgIpc) is 2.46. The van der Waals surface area contributed by atoms with Crippen LogP contribution in [0.1, 0.15) is 25.3 Å². The standard InChI is InChI=1S/C15H21NO3/c1-12(19-11-13-5-3-2-4-6-13)15(18)16-9-7-14(17)8-10-16/h2-6,12,14,17H,7-11H2,1H3. The summed E-state index contributed by atoms with van der Waals surface area (Å²) in [4.78, 5) is 13.9. The van der Waals surface area contributed by atoms with E-state index < -0.39 is 6.10 Å². The van der Waals surface area contributed by atoms with Crippen molar-refractivity contribution in [3.05, 3.63) is 35.9 Å². The molecule has 1 aliphatic heterocycles. The summed E-state index contributed by atoms with van der Waals surface area (Å²) in [6.07, 6.45) is 0.633. The number of rotatable bonds is 4. The molecule has 19 heavy (non-hydrogen) atoms. The molecule has 1 unspecified atom stereocenters. The Balaban J connectivity index is 1.79. The Morgan fingerprint density at radius 3 is 2.63 bits per heavy atom. The van der Waals surface area contributed by atoms with Crippen LogP contribution in [0.4, 0.5) is 0 Å². The van der Waals surface area contributed by atoms with Gasteiger partial charge in [-0.3, -0.25) is 4.79 Å². The molecule has 1 amide bonds. The number of aliphatic hydroxyl groups is 1. The molecule has 0 aliphatic carbocycles. The first kappa shape index (κ1) is 14.0. The Hall–Kier alpha value is -1.39. The van der Waals surface area contributed by atoms with Gasteiger partial charge in [-0.25, -0.2) is 0 Å². The van der Waals surface area contributed by atoms with Crippen LogP contribution in [-0.4, -0.2) is 41.2 Å². The maximum Gasteiger partial charge on any atom is 0.251 e. The molecule has 0 radical (unpaired) electrons. The van der Waals surface area contributed by atoms with Crippen molar-refractivity contribution in [1.82, 2.24) is 4.90 Å². The summed E-state index contributed by atoms with van der Waals surface area (Å²) in [6.45, 7) is 3.48. The minimum atomic E-state index is -0.435. The van der Waals surface area contributed by atoms with E-state index in [1.54, 1.807) is 11.8 Å². The predicted octanol–water partition coefficient (Wildman–Crippen LogP) is 1.57. The molecular weight excluding hydrogens is 242 g/mol. The van der Waals surface area contributed by atoms with Crippen LogP contribution in [0, 0.1) is 0 Å². The minimum Gasteiger partial charge on any atom is -0.393 e. The molecule has 104 valence electrons. The Labute approximate surface area is 114 Å². The van der Waals surface area contributed by atoms with Crippen molar-refractivity contribution in [3.8, 4) is 0 Å². The molecule has 2 rings (SSSR count). The smallest absolute Gasteiger partial charge is 0.251 e. The fourth-order valence-corrected chi connectivity index (χ4v) is 2.21. The quantitative estimate of drug-likeness (QED) is 0.897. The van der Waals surface area contributed by atoms with Gasteiger partial charge in [-0.2, -0.15) is 0 Å². The molecule has 0 aromatic heterocycles. The van der Waals surface area contributed by atoms with Gasteiger partial charge in [-0.1, -0.05) is 30.3 Å². The molecule has 0 bridgehead atoms. The SMILES string of the molecule is CC(OCc1ccccc1)C(=O)N1CCC(O)CC1. The van der Waals surface area contributed by atoms with Gasteiger partial charge in [-0.15, -0.1) is 0 Å². The Bertz CT molecular complexity index is 399. The van der Waals surface area contributed by atoms with Crippen LogP contribution in [0.5, 0.6) is 0 Å². The number of carbonyl (C=O) groups excluding carboxylic acids is 1. The summed E-state index contributed by atoms with van der Waals surface area (Å²) < 4.78 is 5.62. The van der Waals surface area contributed by atoms with Gasteiger partial charge in [0.05, 0.1) is 12.7 Å². The van der Waals surface area contributed by atoms with Crippen LogP contribution >= 0.6 is 0 Å².